The zero-order valence-electron chi connectivity index (χ0n) is 8.51. The Morgan fingerprint density at radius 1 is 1.27 bits per heavy atom. The van der Waals surface area contributed by atoms with Gasteiger partial charge in [-0.25, -0.2) is 8.42 Å². The highest BCUT2D eigenvalue weighted by molar-refractivity contribution is 7.93. The Hall–Kier alpha value is -1.23. The molecule has 5 heteroatoms. The van der Waals surface area contributed by atoms with Gasteiger partial charge in [0.25, 0.3) is 0 Å². The number of hydrogen-bond donors (Lipinski definition) is 0. The Balaban J connectivity index is 2.30. The molecule has 0 unspecified atom stereocenters. The second kappa shape index (κ2) is 3.73. The van der Waals surface area contributed by atoms with Gasteiger partial charge in [-0.1, -0.05) is 0 Å². The molecule has 1 saturated heterocycles. The molecule has 1 aliphatic rings. The van der Waals surface area contributed by atoms with Gasteiger partial charge in [-0.15, -0.1) is 0 Å². The van der Waals surface area contributed by atoms with Gasteiger partial charge in [0.2, 0.25) is 10.0 Å². The molecule has 0 aliphatic carbocycles. The second-order valence-electron chi connectivity index (χ2n) is 3.44. The molecule has 1 aromatic rings. The predicted molar refractivity (Wildman–Crippen MR) is 58.7 cm³/mol. The van der Waals surface area contributed by atoms with Gasteiger partial charge >= 0.3 is 0 Å². The minimum absolute atomic E-state index is 0.249. The van der Waals surface area contributed by atoms with E-state index in [2.05, 4.69) is 0 Å². The van der Waals surface area contributed by atoms with Crippen molar-refractivity contribution in [1.82, 2.24) is 0 Å². The number of ether oxygens (including phenoxy) is 1. The van der Waals surface area contributed by atoms with Crippen LogP contribution in [0.4, 0.5) is 5.69 Å². The number of hydrogen-bond acceptors (Lipinski definition) is 3. The summed E-state index contributed by atoms with van der Waals surface area (Å²) < 4.78 is 29.7. The van der Waals surface area contributed by atoms with E-state index in [9.17, 15) is 8.42 Å². The van der Waals surface area contributed by atoms with Gasteiger partial charge in [0.15, 0.2) is 0 Å². The molecule has 0 atom stereocenters. The van der Waals surface area contributed by atoms with Crippen molar-refractivity contribution in [2.45, 2.75) is 6.42 Å². The SMILES string of the molecule is COc1ccc(N2CCCS2(=O)=O)cc1. The summed E-state index contributed by atoms with van der Waals surface area (Å²) in [5.74, 6) is 0.981. The quantitative estimate of drug-likeness (QED) is 0.763. The fourth-order valence-corrected chi connectivity index (χ4v) is 3.24. The van der Waals surface area contributed by atoms with E-state index in [1.165, 1.54) is 4.31 Å². The van der Waals surface area contributed by atoms with E-state index in [1.54, 1.807) is 31.4 Å². The Labute approximate surface area is 89.5 Å². The Kier molecular flexibility index (Phi) is 2.56. The number of sulfonamides is 1. The third-order valence-corrected chi connectivity index (χ3v) is 4.33. The van der Waals surface area contributed by atoms with Crippen LogP contribution in [0.1, 0.15) is 6.42 Å². The molecule has 0 spiro atoms. The average molecular weight is 227 g/mol. The largest absolute Gasteiger partial charge is 0.497 e. The van der Waals surface area contributed by atoms with Crippen LogP contribution < -0.4 is 9.04 Å². The van der Waals surface area contributed by atoms with Crippen molar-refractivity contribution < 1.29 is 13.2 Å². The summed E-state index contributed by atoms with van der Waals surface area (Å²) in [4.78, 5) is 0. The molecule has 4 nitrogen and oxygen atoms in total. The summed E-state index contributed by atoms with van der Waals surface area (Å²) >= 11 is 0. The molecule has 82 valence electrons. The number of rotatable bonds is 2. The van der Waals surface area contributed by atoms with Crippen molar-refractivity contribution in [3.8, 4) is 5.75 Å². The van der Waals surface area contributed by atoms with E-state index in [1.807, 2.05) is 0 Å². The molecule has 0 radical (unpaired) electrons. The molecule has 1 heterocycles. The van der Waals surface area contributed by atoms with E-state index in [0.29, 0.717) is 18.7 Å². The minimum atomic E-state index is -3.07. The standard InChI is InChI=1S/C10H13NO3S/c1-14-10-5-3-9(4-6-10)11-7-2-8-15(11,12)13/h3-6H,2,7-8H2,1H3. The van der Waals surface area contributed by atoms with Crippen molar-refractivity contribution in [1.29, 1.82) is 0 Å². The summed E-state index contributed by atoms with van der Waals surface area (Å²) in [7, 11) is -1.48. The van der Waals surface area contributed by atoms with Crippen LogP contribution in [0.5, 0.6) is 5.75 Å². The van der Waals surface area contributed by atoms with Crippen molar-refractivity contribution in [3.05, 3.63) is 24.3 Å². The maximum Gasteiger partial charge on any atom is 0.235 e. The number of nitrogens with zero attached hydrogens (tertiary/aromatic N) is 1. The van der Waals surface area contributed by atoms with Crippen molar-refractivity contribution in [2.75, 3.05) is 23.7 Å². The Morgan fingerprint density at radius 3 is 2.40 bits per heavy atom. The highest BCUT2D eigenvalue weighted by Crippen LogP contribution is 2.25. The van der Waals surface area contributed by atoms with Crippen molar-refractivity contribution >= 4 is 15.7 Å². The number of benzene rings is 1. The van der Waals surface area contributed by atoms with E-state index in [4.69, 9.17) is 4.74 Å². The van der Waals surface area contributed by atoms with Crippen LogP contribution in [0.15, 0.2) is 24.3 Å². The van der Waals surface area contributed by atoms with Crippen LogP contribution >= 0.6 is 0 Å². The summed E-state index contributed by atoms with van der Waals surface area (Å²) in [6.07, 6.45) is 0.703. The van der Waals surface area contributed by atoms with E-state index in [0.717, 1.165) is 5.75 Å². The van der Waals surface area contributed by atoms with Gasteiger partial charge < -0.3 is 4.74 Å². The molecule has 0 bridgehead atoms. The van der Waals surface area contributed by atoms with Crippen LogP contribution in [-0.2, 0) is 10.0 Å². The molecule has 1 fully saturated rings. The van der Waals surface area contributed by atoms with E-state index < -0.39 is 10.0 Å². The number of methoxy groups -OCH3 is 1. The van der Waals surface area contributed by atoms with Gasteiger partial charge in [-0.2, -0.15) is 0 Å². The average Bonchev–Trinajstić information content (AvgIpc) is 2.58. The first kappa shape index (κ1) is 10.3. The van der Waals surface area contributed by atoms with Crippen LogP contribution in [0.25, 0.3) is 0 Å². The third-order valence-electron chi connectivity index (χ3n) is 2.46. The zero-order chi connectivity index (χ0) is 10.9. The maximum absolute atomic E-state index is 11.6. The van der Waals surface area contributed by atoms with Crippen LogP contribution in [0, 0.1) is 0 Å². The first-order valence-corrected chi connectivity index (χ1v) is 6.39. The minimum Gasteiger partial charge on any atom is -0.497 e. The lowest BCUT2D eigenvalue weighted by molar-refractivity contribution is 0.415. The van der Waals surface area contributed by atoms with Crippen LogP contribution in [0.2, 0.25) is 0 Å². The topological polar surface area (TPSA) is 46.6 Å². The zero-order valence-corrected chi connectivity index (χ0v) is 9.33. The lowest BCUT2D eigenvalue weighted by Crippen LogP contribution is -2.24. The fraction of sp³-hybridized carbons (Fsp3) is 0.400. The van der Waals surface area contributed by atoms with Gasteiger partial charge in [-0.3, -0.25) is 4.31 Å². The summed E-state index contributed by atoms with van der Waals surface area (Å²) in [5, 5.41) is 0. The molecule has 1 aromatic carbocycles. The van der Waals surface area contributed by atoms with Gasteiger partial charge in [-0.05, 0) is 30.7 Å². The molecule has 2 rings (SSSR count). The molecule has 0 amide bonds. The van der Waals surface area contributed by atoms with E-state index >= 15 is 0 Å². The first-order valence-electron chi connectivity index (χ1n) is 4.78. The summed E-state index contributed by atoms with van der Waals surface area (Å²) in [5.41, 5.74) is 0.716. The smallest absolute Gasteiger partial charge is 0.235 e. The number of anilines is 1. The van der Waals surface area contributed by atoms with Crippen LogP contribution in [-0.4, -0.2) is 27.8 Å². The molecule has 0 aromatic heterocycles. The Morgan fingerprint density at radius 2 is 1.93 bits per heavy atom. The second-order valence-corrected chi connectivity index (χ2v) is 5.45. The molecule has 0 N–H and O–H groups in total. The maximum atomic E-state index is 11.6. The summed E-state index contributed by atoms with van der Waals surface area (Å²) in [6, 6.07) is 7.07. The van der Waals surface area contributed by atoms with Gasteiger partial charge in [0.1, 0.15) is 5.75 Å². The van der Waals surface area contributed by atoms with Gasteiger partial charge in [0.05, 0.1) is 18.6 Å². The third kappa shape index (κ3) is 1.92. The molecular weight excluding hydrogens is 214 g/mol. The predicted octanol–water partition coefficient (Wildman–Crippen LogP) is 1.24. The van der Waals surface area contributed by atoms with Gasteiger partial charge in [0, 0.05) is 6.54 Å². The van der Waals surface area contributed by atoms with E-state index in [-0.39, 0.29) is 5.75 Å². The highest BCUT2D eigenvalue weighted by atomic mass is 32.2. The fourth-order valence-electron chi connectivity index (χ4n) is 1.68. The van der Waals surface area contributed by atoms with Crippen LogP contribution in [0.3, 0.4) is 0 Å². The molecular formula is C10H13NO3S. The highest BCUT2D eigenvalue weighted by Gasteiger charge is 2.28. The Bertz CT molecular complexity index is 438. The lowest BCUT2D eigenvalue weighted by atomic mass is 10.3. The first-order chi connectivity index (χ1) is 7.13. The molecule has 15 heavy (non-hydrogen) atoms. The monoisotopic (exact) mass is 227 g/mol. The summed E-state index contributed by atoms with van der Waals surface area (Å²) in [6.45, 7) is 0.578. The normalized spacial score (nSPS) is 19.1. The van der Waals surface area contributed by atoms with Crippen molar-refractivity contribution in [2.24, 2.45) is 0 Å². The lowest BCUT2D eigenvalue weighted by Gasteiger charge is -2.16. The molecule has 0 saturated carbocycles. The van der Waals surface area contributed by atoms with Crippen molar-refractivity contribution in [3.63, 3.8) is 0 Å². The molecule has 1 aliphatic heterocycles.